The van der Waals surface area contributed by atoms with Crippen LogP contribution in [-0.2, 0) is 6.18 Å². The molecule has 0 unspecified atom stereocenters. The summed E-state index contributed by atoms with van der Waals surface area (Å²) in [6.07, 6.45) is -4.58. The number of halogens is 6. The highest BCUT2D eigenvalue weighted by molar-refractivity contribution is 6.39. The van der Waals surface area contributed by atoms with E-state index in [1.807, 2.05) is 0 Å². The van der Waals surface area contributed by atoms with Crippen LogP contribution in [0.3, 0.4) is 0 Å². The molecule has 0 amide bonds. The maximum absolute atomic E-state index is 13.1. The van der Waals surface area contributed by atoms with Gasteiger partial charge in [-0.3, -0.25) is 0 Å². The minimum Gasteiger partial charge on any atom is -0.384 e. The molecule has 1 aromatic carbocycles. The third kappa shape index (κ3) is 3.68. The van der Waals surface area contributed by atoms with Crippen molar-refractivity contribution in [1.82, 2.24) is 4.98 Å². The van der Waals surface area contributed by atoms with Crippen LogP contribution >= 0.6 is 23.2 Å². The van der Waals surface area contributed by atoms with Gasteiger partial charge in [0.05, 0.1) is 21.3 Å². The molecular formula is C12H7Cl2F4N3. The largest absolute Gasteiger partial charge is 0.416 e. The number of nitrogens with two attached hydrogens (primary N) is 1. The van der Waals surface area contributed by atoms with Crippen molar-refractivity contribution in [1.29, 1.82) is 0 Å². The van der Waals surface area contributed by atoms with Crippen LogP contribution in [0.2, 0.25) is 10.0 Å². The van der Waals surface area contributed by atoms with Crippen molar-refractivity contribution in [3.8, 4) is 0 Å². The third-order valence-electron chi connectivity index (χ3n) is 2.43. The van der Waals surface area contributed by atoms with Gasteiger partial charge in [-0.15, -0.1) is 0 Å². The van der Waals surface area contributed by atoms with E-state index in [1.54, 1.807) is 0 Å². The number of anilines is 3. The fourth-order valence-electron chi connectivity index (χ4n) is 1.57. The van der Waals surface area contributed by atoms with Crippen LogP contribution in [0.25, 0.3) is 0 Å². The number of nitrogens with zero attached hydrogens (tertiary/aromatic N) is 1. The normalized spacial score (nSPS) is 11.5. The summed E-state index contributed by atoms with van der Waals surface area (Å²) in [5.41, 5.74) is 4.39. The summed E-state index contributed by atoms with van der Waals surface area (Å²) in [5.74, 6) is -1.22. The maximum atomic E-state index is 13.1. The van der Waals surface area contributed by atoms with E-state index in [0.717, 1.165) is 18.2 Å². The quantitative estimate of drug-likeness (QED) is 0.767. The second-order valence-corrected chi connectivity index (χ2v) is 4.85. The van der Waals surface area contributed by atoms with Gasteiger partial charge in [-0.2, -0.15) is 13.2 Å². The number of hydrogen-bond donors (Lipinski definition) is 2. The number of aromatic nitrogens is 1. The van der Waals surface area contributed by atoms with Gasteiger partial charge in [0.15, 0.2) is 0 Å². The van der Waals surface area contributed by atoms with Crippen molar-refractivity contribution < 1.29 is 17.6 Å². The van der Waals surface area contributed by atoms with E-state index in [1.165, 1.54) is 0 Å². The average molecular weight is 340 g/mol. The lowest BCUT2D eigenvalue weighted by atomic mass is 10.2. The number of pyridine rings is 1. The molecule has 0 aliphatic rings. The van der Waals surface area contributed by atoms with Crippen LogP contribution in [0, 0.1) is 5.82 Å². The van der Waals surface area contributed by atoms with Gasteiger partial charge in [0.25, 0.3) is 0 Å². The zero-order valence-electron chi connectivity index (χ0n) is 10.1. The lowest BCUT2D eigenvalue weighted by Crippen LogP contribution is -2.08. The predicted molar refractivity (Wildman–Crippen MR) is 73.4 cm³/mol. The van der Waals surface area contributed by atoms with E-state index >= 15 is 0 Å². The number of benzene rings is 1. The van der Waals surface area contributed by atoms with Crippen LogP contribution < -0.4 is 11.1 Å². The Hall–Kier alpha value is -1.73. The highest BCUT2D eigenvalue weighted by Crippen LogP contribution is 2.36. The van der Waals surface area contributed by atoms with E-state index in [2.05, 4.69) is 10.3 Å². The Balaban J connectivity index is 2.43. The van der Waals surface area contributed by atoms with Gasteiger partial charge in [0.2, 0.25) is 0 Å². The molecule has 0 atom stereocenters. The summed E-state index contributed by atoms with van der Waals surface area (Å²) in [5, 5.41) is 2.30. The van der Waals surface area contributed by atoms with E-state index in [-0.39, 0.29) is 27.4 Å². The monoisotopic (exact) mass is 339 g/mol. The number of alkyl halides is 3. The Morgan fingerprint density at radius 2 is 1.62 bits per heavy atom. The highest BCUT2D eigenvalue weighted by Gasteiger charge is 2.31. The Morgan fingerprint density at radius 1 is 1.05 bits per heavy atom. The fourth-order valence-corrected chi connectivity index (χ4v) is 2.12. The average Bonchev–Trinajstić information content (AvgIpc) is 2.32. The summed E-state index contributed by atoms with van der Waals surface area (Å²) in [6, 6.07) is 3.37. The van der Waals surface area contributed by atoms with E-state index in [9.17, 15) is 17.6 Å². The Kier molecular flexibility index (Phi) is 4.15. The second kappa shape index (κ2) is 5.57. The predicted octanol–water partition coefficient (Wildman–Crippen LogP) is 4.87. The molecule has 0 spiro atoms. The van der Waals surface area contributed by atoms with Gasteiger partial charge >= 0.3 is 6.18 Å². The number of nitrogen functional groups attached to an aromatic ring is 1. The minimum absolute atomic E-state index is 0.0333. The molecule has 0 saturated heterocycles. The number of rotatable bonds is 2. The molecule has 0 aliphatic heterocycles. The molecule has 0 bridgehead atoms. The molecule has 3 nitrogen and oxygen atoms in total. The molecule has 21 heavy (non-hydrogen) atoms. The van der Waals surface area contributed by atoms with Crippen LogP contribution in [-0.4, -0.2) is 4.98 Å². The van der Waals surface area contributed by atoms with Crippen molar-refractivity contribution in [2.45, 2.75) is 6.18 Å². The molecule has 1 aromatic heterocycles. The molecule has 0 saturated carbocycles. The van der Waals surface area contributed by atoms with Crippen molar-refractivity contribution in [3.05, 3.63) is 45.7 Å². The molecule has 0 radical (unpaired) electrons. The first-order valence-corrected chi connectivity index (χ1v) is 6.19. The van der Waals surface area contributed by atoms with Crippen LogP contribution in [0.4, 0.5) is 34.9 Å². The van der Waals surface area contributed by atoms with Crippen molar-refractivity contribution in [2.24, 2.45) is 0 Å². The first kappa shape index (κ1) is 15.7. The maximum Gasteiger partial charge on any atom is 0.416 e. The van der Waals surface area contributed by atoms with Gasteiger partial charge in [0, 0.05) is 0 Å². The van der Waals surface area contributed by atoms with Crippen LogP contribution in [0.1, 0.15) is 5.56 Å². The third-order valence-corrected chi connectivity index (χ3v) is 3.03. The van der Waals surface area contributed by atoms with Gasteiger partial charge in [0.1, 0.15) is 17.5 Å². The summed E-state index contributed by atoms with van der Waals surface area (Å²) < 4.78 is 51.1. The molecular weight excluding hydrogens is 333 g/mol. The lowest BCUT2D eigenvalue weighted by Gasteiger charge is -2.13. The molecule has 112 valence electrons. The van der Waals surface area contributed by atoms with E-state index in [4.69, 9.17) is 28.9 Å². The molecule has 2 aromatic rings. The minimum atomic E-state index is -4.58. The summed E-state index contributed by atoms with van der Waals surface area (Å²) >= 11 is 11.6. The van der Waals surface area contributed by atoms with Gasteiger partial charge in [-0.25, -0.2) is 9.37 Å². The molecule has 1 heterocycles. The van der Waals surface area contributed by atoms with Crippen molar-refractivity contribution in [2.75, 3.05) is 11.1 Å². The topological polar surface area (TPSA) is 50.9 Å². The lowest BCUT2D eigenvalue weighted by molar-refractivity contribution is -0.137. The first-order chi connectivity index (χ1) is 9.66. The summed E-state index contributed by atoms with van der Waals surface area (Å²) in [7, 11) is 0. The van der Waals surface area contributed by atoms with Crippen LogP contribution in [0.5, 0.6) is 0 Å². The molecule has 9 heteroatoms. The number of hydrogen-bond acceptors (Lipinski definition) is 3. The Bertz CT molecular complexity index is 666. The van der Waals surface area contributed by atoms with Gasteiger partial charge in [-0.1, -0.05) is 23.2 Å². The SMILES string of the molecule is Nc1cc(C(F)(F)F)cc(Nc2c(Cl)cc(F)cc2Cl)n1. The Morgan fingerprint density at radius 3 is 2.14 bits per heavy atom. The molecule has 0 fully saturated rings. The standard InChI is InChI=1S/C12H7Cl2F4N3/c13-7-3-6(15)4-8(14)11(7)21-10-2-5(12(16,17)18)1-9(19)20-10/h1-4H,(H3,19,20,21). The number of nitrogens with one attached hydrogen (secondary N) is 1. The zero-order chi connectivity index (χ0) is 15.8. The highest BCUT2D eigenvalue weighted by atomic mass is 35.5. The fraction of sp³-hybridized carbons (Fsp3) is 0.0833. The van der Waals surface area contributed by atoms with E-state index in [0.29, 0.717) is 6.07 Å². The Labute approximate surface area is 126 Å². The first-order valence-electron chi connectivity index (χ1n) is 5.43. The molecule has 3 N–H and O–H groups in total. The van der Waals surface area contributed by atoms with Crippen molar-refractivity contribution in [3.63, 3.8) is 0 Å². The van der Waals surface area contributed by atoms with Gasteiger partial charge < -0.3 is 11.1 Å². The van der Waals surface area contributed by atoms with Crippen molar-refractivity contribution >= 4 is 40.5 Å². The van der Waals surface area contributed by atoms with Crippen LogP contribution in [0.15, 0.2) is 24.3 Å². The van der Waals surface area contributed by atoms with Gasteiger partial charge in [-0.05, 0) is 24.3 Å². The van der Waals surface area contributed by atoms with E-state index < -0.39 is 17.6 Å². The summed E-state index contributed by atoms with van der Waals surface area (Å²) in [4.78, 5) is 3.70. The molecule has 0 aliphatic carbocycles. The smallest absolute Gasteiger partial charge is 0.384 e. The second-order valence-electron chi connectivity index (χ2n) is 4.03. The summed E-state index contributed by atoms with van der Waals surface area (Å²) in [6.45, 7) is 0. The molecule has 2 rings (SSSR count). The zero-order valence-corrected chi connectivity index (χ0v) is 11.6.